The van der Waals surface area contributed by atoms with E-state index in [2.05, 4.69) is 15.5 Å². The summed E-state index contributed by atoms with van der Waals surface area (Å²) in [5.74, 6) is -2.06. The van der Waals surface area contributed by atoms with E-state index in [9.17, 15) is 38.1 Å². The molecule has 0 aliphatic rings. The number of para-hydroxylation sites is 1. The molecular formula is C20H16N4O8S. The highest BCUT2D eigenvalue weighted by molar-refractivity contribution is 7.86. The Kier molecular flexibility index (Phi) is 6.37. The van der Waals surface area contributed by atoms with Crippen molar-refractivity contribution in [1.82, 2.24) is 0 Å². The summed E-state index contributed by atoms with van der Waals surface area (Å²) in [6.07, 6.45) is 0. The molecular weight excluding hydrogens is 456 g/mol. The molecule has 3 aromatic carbocycles. The Morgan fingerprint density at radius 2 is 1.76 bits per heavy atom. The highest BCUT2D eigenvalue weighted by Gasteiger charge is 2.22. The molecule has 0 aliphatic heterocycles. The maximum atomic E-state index is 12.5. The van der Waals surface area contributed by atoms with Crippen molar-refractivity contribution < 1.29 is 32.9 Å². The van der Waals surface area contributed by atoms with Gasteiger partial charge in [0.15, 0.2) is 5.70 Å². The Morgan fingerprint density at radius 3 is 2.33 bits per heavy atom. The van der Waals surface area contributed by atoms with E-state index in [-0.39, 0.29) is 16.5 Å². The highest BCUT2D eigenvalue weighted by Crippen LogP contribution is 2.41. The van der Waals surface area contributed by atoms with E-state index in [1.165, 1.54) is 6.92 Å². The number of hydrogen-bond donors (Lipinski definition) is 4. The second kappa shape index (κ2) is 9.02. The monoisotopic (exact) mass is 472 g/mol. The Morgan fingerprint density at radius 1 is 1.09 bits per heavy atom. The number of amides is 1. The van der Waals surface area contributed by atoms with Crippen LogP contribution >= 0.6 is 0 Å². The number of aliphatic hydroxyl groups excluding tert-OH is 1. The molecule has 4 N–H and O–H groups in total. The summed E-state index contributed by atoms with van der Waals surface area (Å²) in [6, 6.07) is 11.9. The van der Waals surface area contributed by atoms with Gasteiger partial charge >= 0.3 is 0 Å². The van der Waals surface area contributed by atoms with Crippen LogP contribution < -0.4 is 5.32 Å². The van der Waals surface area contributed by atoms with Crippen LogP contribution in [0.4, 0.5) is 17.1 Å². The molecule has 12 nitrogen and oxygen atoms in total. The molecule has 0 aromatic heterocycles. The van der Waals surface area contributed by atoms with Gasteiger partial charge in [0.25, 0.3) is 21.7 Å². The predicted molar refractivity (Wildman–Crippen MR) is 117 cm³/mol. The number of anilines is 1. The van der Waals surface area contributed by atoms with Crippen molar-refractivity contribution in [2.45, 2.75) is 11.8 Å². The van der Waals surface area contributed by atoms with Crippen molar-refractivity contribution in [3.63, 3.8) is 0 Å². The summed E-state index contributed by atoms with van der Waals surface area (Å²) in [5, 5.41) is 40.8. The van der Waals surface area contributed by atoms with Crippen LogP contribution in [0.25, 0.3) is 10.8 Å². The van der Waals surface area contributed by atoms with Gasteiger partial charge in [-0.2, -0.15) is 8.42 Å². The first-order valence-electron chi connectivity index (χ1n) is 9.08. The molecule has 0 atom stereocenters. The second-order valence-corrected chi connectivity index (χ2v) is 8.05. The first-order chi connectivity index (χ1) is 15.5. The number of nitro benzene ring substituents is 1. The molecule has 33 heavy (non-hydrogen) atoms. The normalized spacial score (nSPS) is 12.5. The second-order valence-electron chi connectivity index (χ2n) is 6.66. The molecule has 0 fully saturated rings. The Hall–Kier alpha value is -4.36. The van der Waals surface area contributed by atoms with Gasteiger partial charge in [-0.05, 0) is 25.1 Å². The van der Waals surface area contributed by atoms with Gasteiger partial charge in [-0.15, -0.1) is 10.2 Å². The number of benzene rings is 3. The fourth-order valence-electron chi connectivity index (χ4n) is 2.88. The van der Waals surface area contributed by atoms with E-state index in [1.54, 1.807) is 30.3 Å². The van der Waals surface area contributed by atoms with Gasteiger partial charge < -0.3 is 15.5 Å². The van der Waals surface area contributed by atoms with Crippen molar-refractivity contribution in [2.24, 2.45) is 10.2 Å². The van der Waals surface area contributed by atoms with E-state index in [0.717, 1.165) is 18.2 Å². The molecule has 1 amide bonds. The molecule has 13 heteroatoms. The number of carbonyl (C=O) groups is 1. The lowest BCUT2D eigenvalue weighted by Gasteiger charge is -2.09. The van der Waals surface area contributed by atoms with E-state index in [1.807, 2.05) is 0 Å². The Bertz CT molecular complexity index is 1430. The minimum Gasteiger partial charge on any atom is -0.510 e. The zero-order valence-corrected chi connectivity index (χ0v) is 17.6. The number of aliphatic hydroxyl groups is 1. The van der Waals surface area contributed by atoms with Crippen LogP contribution in [0.5, 0.6) is 5.75 Å². The summed E-state index contributed by atoms with van der Waals surface area (Å²) in [7, 11) is -4.87. The third-order valence-corrected chi connectivity index (χ3v) is 5.26. The van der Waals surface area contributed by atoms with E-state index in [4.69, 9.17) is 0 Å². The summed E-state index contributed by atoms with van der Waals surface area (Å²) in [4.78, 5) is 22.0. The number of hydrogen-bond acceptors (Lipinski definition) is 9. The fraction of sp³-hybridized carbons (Fsp3) is 0.0500. The Balaban J connectivity index is 2.12. The molecule has 0 radical (unpaired) electrons. The predicted octanol–water partition coefficient (Wildman–Crippen LogP) is 4.21. The number of phenolic OH excluding ortho intramolecular Hbond substituents is 1. The highest BCUT2D eigenvalue weighted by atomic mass is 32.2. The van der Waals surface area contributed by atoms with Crippen molar-refractivity contribution in [3.8, 4) is 5.75 Å². The molecule has 3 rings (SSSR count). The number of phenols is 1. The lowest BCUT2D eigenvalue weighted by molar-refractivity contribution is -0.384. The van der Waals surface area contributed by atoms with Gasteiger partial charge in [0.1, 0.15) is 22.1 Å². The van der Waals surface area contributed by atoms with E-state index >= 15 is 0 Å². The van der Waals surface area contributed by atoms with Crippen molar-refractivity contribution in [3.05, 3.63) is 76.2 Å². The largest absolute Gasteiger partial charge is 0.510 e. The number of fused-ring (bicyclic) bond motifs is 1. The average Bonchev–Trinajstić information content (AvgIpc) is 2.74. The molecule has 3 aromatic rings. The number of rotatable bonds is 6. The van der Waals surface area contributed by atoms with Crippen LogP contribution in [0.2, 0.25) is 0 Å². The number of nitrogens with zero attached hydrogens (tertiary/aromatic N) is 3. The van der Waals surface area contributed by atoms with E-state index < -0.39 is 48.7 Å². The molecule has 0 saturated carbocycles. The number of azo groups is 1. The lowest BCUT2D eigenvalue weighted by Crippen LogP contribution is -2.14. The molecule has 0 aliphatic carbocycles. The maximum Gasteiger partial charge on any atom is 0.295 e. The summed E-state index contributed by atoms with van der Waals surface area (Å²) in [6.45, 7) is 1.18. The third kappa shape index (κ3) is 5.11. The molecule has 0 spiro atoms. The van der Waals surface area contributed by atoms with Gasteiger partial charge in [-0.3, -0.25) is 19.5 Å². The minimum atomic E-state index is -4.87. The molecule has 0 saturated heterocycles. The number of carbonyl (C=O) groups excluding carboxylic acids is 1. The van der Waals surface area contributed by atoms with Crippen LogP contribution in [-0.2, 0) is 14.9 Å². The first-order valence-corrected chi connectivity index (χ1v) is 10.5. The van der Waals surface area contributed by atoms with E-state index in [0.29, 0.717) is 11.8 Å². The molecule has 170 valence electrons. The standard InChI is InChI=1S/C20H16N4O8S/c1-11(25)18(20(27)21-12-5-3-2-4-6-12)22-23-19-14-8-7-13(24(28)29)9-15(14)17(10-16(19)26)33(30,31)32/h2-10,25-26H,1H3,(H,21,27)(H,30,31,32). The number of nitrogens with one attached hydrogen (secondary N) is 1. The van der Waals surface area contributed by atoms with Gasteiger partial charge in [0.2, 0.25) is 0 Å². The Labute approximate surface area is 186 Å². The number of aromatic hydroxyl groups is 1. The maximum absolute atomic E-state index is 12.5. The topological polar surface area (TPSA) is 192 Å². The van der Waals surface area contributed by atoms with Crippen molar-refractivity contribution in [1.29, 1.82) is 0 Å². The number of non-ortho nitro benzene ring substituents is 1. The van der Waals surface area contributed by atoms with Crippen LogP contribution in [0.1, 0.15) is 6.92 Å². The zero-order valence-electron chi connectivity index (χ0n) is 16.8. The first kappa shape index (κ1) is 23.3. The van der Waals surface area contributed by atoms with Crippen LogP contribution in [0.15, 0.2) is 81.2 Å². The molecule has 0 heterocycles. The molecule has 0 unspecified atom stereocenters. The van der Waals surface area contributed by atoms with Gasteiger partial charge in [0.05, 0.1) is 4.92 Å². The minimum absolute atomic E-state index is 0.115. The summed E-state index contributed by atoms with van der Waals surface area (Å²) in [5.41, 5.74) is -0.921. The molecule has 0 bridgehead atoms. The average molecular weight is 472 g/mol. The van der Waals surface area contributed by atoms with Crippen LogP contribution in [0, 0.1) is 10.1 Å². The SMILES string of the molecule is CC(O)=C(N=Nc1c(O)cc(S(=O)(=O)O)c2cc([N+](=O)[O-])ccc12)C(=O)Nc1ccccc1. The van der Waals surface area contributed by atoms with Crippen molar-refractivity contribution >= 4 is 43.9 Å². The fourth-order valence-corrected chi connectivity index (χ4v) is 3.58. The summed E-state index contributed by atoms with van der Waals surface area (Å²) >= 11 is 0. The van der Waals surface area contributed by atoms with Gasteiger partial charge in [-0.25, -0.2) is 0 Å². The third-order valence-electron chi connectivity index (χ3n) is 4.36. The number of allylic oxidation sites excluding steroid dienone is 1. The van der Waals surface area contributed by atoms with Crippen LogP contribution in [-0.4, -0.2) is 34.0 Å². The number of nitro groups is 1. The van der Waals surface area contributed by atoms with Crippen molar-refractivity contribution in [2.75, 3.05) is 5.32 Å². The lowest BCUT2D eigenvalue weighted by atomic mass is 10.1. The smallest absolute Gasteiger partial charge is 0.295 e. The zero-order chi connectivity index (χ0) is 24.3. The quantitative estimate of drug-likeness (QED) is 0.102. The van der Waals surface area contributed by atoms with Gasteiger partial charge in [-0.1, -0.05) is 18.2 Å². The van der Waals surface area contributed by atoms with Crippen LogP contribution in [0.3, 0.4) is 0 Å². The summed E-state index contributed by atoms with van der Waals surface area (Å²) < 4.78 is 33.0. The van der Waals surface area contributed by atoms with Gasteiger partial charge in [0, 0.05) is 34.7 Å².